The molecule has 2 aromatic carbocycles. The molecule has 1 aliphatic carbocycles. The molecule has 168 valence electrons. The third kappa shape index (κ3) is 6.33. The summed E-state index contributed by atoms with van der Waals surface area (Å²) in [5, 5.41) is 9.99. The van der Waals surface area contributed by atoms with Crippen LogP contribution in [0.5, 0.6) is 0 Å². The van der Waals surface area contributed by atoms with Crippen LogP contribution in [0.4, 0.5) is 0 Å². The molecule has 3 nitrogen and oxygen atoms in total. The second kappa shape index (κ2) is 11.7. The monoisotopic (exact) mass is 429 g/mol. The van der Waals surface area contributed by atoms with E-state index in [2.05, 4.69) is 68.1 Å². The lowest BCUT2D eigenvalue weighted by molar-refractivity contribution is -0.137. The zero-order chi connectivity index (χ0) is 22.8. The molecule has 2 aromatic rings. The van der Waals surface area contributed by atoms with Gasteiger partial charge in [-0.1, -0.05) is 74.9 Å². The van der Waals surface area contributed by atoms with Gasteiger partial charge in [-0.15, -0.1) is 0 Å². The van der Waals surface area contributed by atoms with Crippen LogP contribution >= 0.6 is 0 Å². The summed E-state index contributed by atoms with van der Waals surface area (Å²) in [6.07, 6.45) is 10.2. The highest BCUT2D eigenvalue weighted by Crippen LogP contribution is 2.46. The third-order valence-electron chi connectivity index (χ3n) is 6.75. The second-order valence-electron chi connectivity index (χ2n) is 9.08. The molecule has 1 fully saturated rings. The topological polar surface area (TPSA) is 50.1 Å². The molecule has 0 saturated heterocycles. The SMILES string of the molecule is C=CC(=O)OCCCCC1(C#N)CCCC(c2ccc(-c3ccc(CCC)cc3)cc2)C1. The molecular weight excluding hydrogens is 394 g/mol. The summed E-state index contributed by atoms with van der Waals surface area (Å²) < 4.78 is 5.06. The zero-order valence-corrected chi connectivity index (χ0v) is 19.3. The Kier molecular flexibility index (Phi) is 8.68. The Bertz CT molecular complexity index is 923. The number of nitrogens with zero attached hydrogens (tertiary/aromatic N) is 1. The maximum absolute atomic E-state index is 11.2. The molecular formula is C29H35NO2. The first-order valence-electron chi connectivity index (χ1n) is 12.0. The summed E-state index contributed by atoms with van der Waals surface area (Å²) in [6.45, 7) is 6.02. The predicted molar refractivity (Wildman–Crippen MR) is 130 cm³/mol. The van der Waals surface area contributed by atoms with Crippen molar-refractivity contribution in [3.63, 3.8) is 0 Å². The number of nitriles is 1. The molecule has 0 N–H and O–H groups in total. The van der Waals surface area contributed by atoms with Crippen LogP contribution in [0, 0.1) is 16.7 Å². The number of esters is 1. The van der Waals surface area contributed by atoms with E-state index in [1.807, 2.05) is 0 Å². The Morgan fingerprint density at radius 3 is 2.47 bits per heavy atom. The van der Waals surface area contributed by atoms with Crippen molar-refractivity contribution in [3.8, 4) is 17.2 Å². The van der Waals surface area contributed by atoms with Gasteiger partial charge in [0.1, 0.15) is 0 Å². The van der Waals surface area contributed by atoms with Crippen molar-refractivity contribution in [2.75, 3.05) is 6.61 Å². The number of rotatable bonds is 10. The fourth-order valence-electron chi connectivity index (χ4n) is 4.93. The highest BCUT2D eigenvalue weighted by molar-refractivity contribution is 5.81. The Labute approximate surface area is 193 Å². The van der Waals surface area contributed by atoms with Crippen LogP contribution in [0.1, 0.15) is 75.3 Å². The molecule has 32 heavy (non-hydrogen) atoms. The van der Waals surface area contributed by atoms with Gasteiger partial charge >= 0.3 is 5.97 Å². The number of hydrogen-bond acceptors (Lipinski definition) is 3. The van der Waals surface area contributed by atoms with Crippen LogP contribution < -0.4 is 0 Å². The molecule has 0 amide bonds. The predicted octanol–water partition coefficient (Wildman–Crippen LogP) is 7.37. The molecule has 3 heteroatoms. The molecule has 1 saturated carbocycles. The van der Waals surface area contributed by atoms with E-state index in [0.717, 1.165) is 51.4 Å². The van der Waals surface area contributed by atoms with E-state index in [0.29, 0.717) is 12.5 Å². The zero-order valence-electron chi connectivity index (χ0n) is 19.3. The molecule has 0 heterocycles. The molecule has 2 atom stereocenters. The molecule has 0 spiro atoms. The van der Waals surface area contributed by atoms with E-state index < -0.39 is 0 Å². The van der Waals surface area contributed by atoms with E-state index in [9.17, 15) is 10.1 Å². The minimum absolute atomic E-state index is 0.265. The van der Waals surface area contributed by atoms with Crippen molar-refractivity contribution in [2.24, 2.45) is 5.41 Å². The van der Waals surface area contributed by atoms with Crippen molar-refractivity contribution in [3.05, 3.63) is 72.3 Å². The van der Waals surface area contributed by atoms with Gasteiger partial charge in [-0.3, -0.25) is 0 Å². The minimum atomic E-state index is -0.377. The smallest absolute Gasteiger partial charge is 0.330 e. The molecule has 0 aliphatic heterocycles. The minimum Gasteiger partial charge on any atom is -0.463 e. The quantitative estimate of drug-likeness (QED) is 0.225. The standard InChI is InChI=1S/C29H35NO2/c1-3-8-23-10-12-24(13-11-23)25-14-16-26(17-15-25)27-9-7-19-29(21-27,22-30)18-5-6-20-32-28(31)4-2/h4,10-17,27H,2-3,5-9,18-21H2,1H3. The normalized spacial score (nSPS) is 20.3. The molecule has 1 aliphatic rings. The van der Waals surface area contributed by atoms with Gasteiger partial charge in [0.2, 0.25) is 0 Å². The molecule has 0 radical (unpaired) electrons. The van der Waals surface area contributed by atoms with E-state index in [1.54, 1.807) is 0 Å². The Morgan fingerprint density at radius 2 is 1.84 bits per heavy atom. The largest absolute Gasteiger partial charge is 0.463 e. The maximum atomic E-state index is 11.2. The van der Waals surface area contributed by atoms with Gasteiger partial charge in [0.05, 0.1) is 18.1 Å². The molecule has 3 rings (SSSR count). The third-order valence-corrected chi connectivity index (χ3v) is 6.75. The number of aryl methyl sites for hydroxylation is 1. The molecule has 0 aromatic heterocycles. The van der Waals surface area contributed by atoms with Gasteiger partial charge in [-0.2, -0.15) is 5.26 Å². The summed E-state index contributed by atoms with van der Waals surface area (Å²) >= 11 is 0. The molecule has 0 bridgehead atoms. The number of hydrogen-bond donors (Lipinski definition) is 0. The van der Waals surface area contributed by atoms with Crippen molar-refractivity contribution in [1.29, 1.82) is 5.26 Å². The van der Waals surface area contributed by atoms with Crippen LogP contribution in [-0.4, -0.2) is 12.6 Å². The number of benzene rings is 2. The fraction of sp³-hybridized carbons (Fsp3) is 0.448. The average molecular weight is 430 g/mol. The first kappa shape index (κ1) is 23.8. The van der Waals surface area contributed by atoms with Crippen molar-refractivity contribution < 1.29 is 9.53 Å². The summed E-state index contributed by atoms with van der Waals surface area (Å²) in [5.74, 6) is 0.0565. The first-order valence-corrected chi connectivity index (χ1v) is 12.0. The van der Waals surface area contributed by atoms with Gasteiger partial charge in [0.25, 0.3) is 0 Å². The van der Waals surface area contributed by atoms with Crippen LogP contribution in [0.15, 0.2) is 61.2 Å². The number of carbonyl (C=O) groups excluding carboxylic acids is 1. The first-order chi connectivity index (χ1) is 15.6. The van der Waals surface area contributed by atoms with Crippen LogP contribution in [-0.2, 0) is 16.0 Å². The lowest BCUT2D eigenvalue weighted by atomic mass is 9.66. The summed E-state index contributed by atoms with van der Waals surface area (Å²) in [4.78, 5) is 11.2. The summed E-state index contributed by atoms with van der Waals surface area (Å²) in [5.41, 5.74) is 4.97. The highest BCUT2D eigenvalue weighted by Gasteiger charge is 2.36. The maximum Gasteiger partial charge on any atom is 0.330 e. The Morgan fingerprint density at radius 1 is 1.16 bits per heavy atom. The highest BCUT2D eigenvalue weighted by atomic mass is 16.5. The fourth-order valence-corrected chi connectivity index (χ4v) is 4.93. The average Bonchev–Trinajstić information content (AvgIpc) is 2.84. The van der Waals surface area contributed by atoms with E-state index >= 15 is 0 Å². The summed E-state index contributed by atoms with van der Waals surface area (Å²) in [6, 6.07) is 20.5. The Hall–Kier alpha value is -2.86. The van der Waals surface area contributed by atoms with Crippen LogP contribution in [0.2, 0.25) is 0 Å². The van der Waals surface area contributed by atoms with Gasteiger partial charge in [-0.05, 0) is 73.1 Å². The van der Waals surface area contributed by atoms with Crippen LogP contribution in [0.25, 0.3) is 11.1 Å². The molecule has 2 unspecified atom stereocenters. The van der Waals surface area contributed by atoms with Gasteiger partial charge in [0.15, 0.2) is 0 Å². The second-order valence-corrected chi connectivity index (χ2v) is 9.08. The number of carbonyl (C=O) groups is 1. The van der Waals surface area contributed by atoms with E-state index in [1.165, 1.54) is 34.8 Å². The van der Waals surface area contributed by atoms with Crippen molar-refractivity contribution in [1.82, 2.24) is 0 Å². The lowest BCUT2D eigenvalue weighted by Crippen LogP contribution is -2.26. The van der Waals surface area contributed by atoms with Crippen LogP contribution in [0.3, 0.4) is 0 Å². The number of ether oxygens (including phenoxy) is 1. The van der Waals surface area contributed by atoms with Crippen molar-refractivity contribution >= 4 is 5.97 Å². The van der Waals surface area contributed by atoms with Gasteiger partial charge in [0, 0.05) is 6.08 Å². The van der Waals surface area contributed by atoms with Gasteiger partial charge in [-0.25, -0.2) is 4.79 Å². The van der Waals surface area contributed by atoms with E-state index in [-0.39, 0.29) is 11.4 Å². The Balaban J connectivity index is 1.59. The summed E-state index contributed by atoms with van der Waals surface area (Å²) in [7, 11) is 0. The van der Waals surface area contributed by atoms with E-state index in [4.69, 9.17) is 4.74 Å². The van der Waals surface area contributed by atoms with Gasteiger partial charge < -0.3 is 4.74 Å². The lowest BCUT2D eigenvalue weighted by Gasteiger charge is -2.36. The number of unbranched alkanes of at least 4 members (excludes halogenated alkanes) is 1. The van der Waals surface area contributed by atoms with Crippen molar-refractivity contribution in [2.45, 2.75) is 70.6 Å².